The fourth-order valence-corrected chi connectivity index (χ4v) is 9.10. The monoisotopic (exact) mass is 709 g/mol. The molecule has 0 saturated heterocycles. The van der Waals surface area contributed by atoms with Gasteiger partial charge in [-0.25, -0.2) is 0 Å². The first-order valence-corrected chi connectivity index (χ1v) is 19.0. The standard InChI is InChI=1S/C50H31NO2S/c1-2-10-32(11-3-1)33-20-23-36(24-21-33)51(37-25-26-42-41-16-6-7-19-48(41)54-49(42)31-37)43-28-27-38(39-14-4-5-15-40(39)43)35-22-29-44-47(30-35)53-46-18-9-13-34-12-8-17-45(52-44)50(34)46/h1-31H. The molecule has 1 aliphatic rings. The summed E-state index contributed by atoms with van der Waals surface area (Å²) in [6, 6.07) is 66.8. The molecule has 0 spiro atoms. The predicted molar refractivity (Wildman–Crippen MR) is 226 cm³/mol. The lowest BCUT2D eigenvalue weighted by molar-refractivity contribution is 0.439. The van der Waals surface area contributed by atoms with Gasteiger partial charge in [-0.1, -0.05) is 127 Å². The lowest BCUT2D eigenvalue weighted by Gasteiger charge is -2.28. The molecule has 0 amide bonds. The number of rotatable bonds is 5. The van der Waals surface area contributed by atoms with Crippen LogP contribution in [-0.2, 0) is 0 Å². The number of anilines is 3. The summed E-state index contributed by atoms with van der Waals surface area (Å²) >= 11 is 1.85. The van der Waals surface area contributed by atoms with Crippen molar-refractivity contribution < 1.29 is 9.47 Å². The molecule has 1 aromatic heterocycles. The zero-order valence-corrected chi connectivity index (χ0v) is 29.9. The number of hydrogen-bond donors (Lipinski definition) is 0. The van der Waals surface area contributed by atoms with E-state index in [-0.39, 0.29) is 0 Å². The normalized spacial score (nSPS) is 12.0. The van der Waals surface area contributed by atoms with E-state index in [1.54, 1.807) is 0 Å². The van der Waals surface area contributed by atoms with Gasteiger partial charge in [-0.15, -0.1) is 11.3 Å². The maximum absolute atomic E-state index is 6.59. The SMILES string of the molecule is c1ccc(-c2ccc(N(c3ccc4c(c3)sc3ccccc34)c3ccc(-c4ccc5c(c4)Oc4cccc6cccc(c46)O5)c4ccccc34)cc2)cc1. The number of hydrogen-bond acceptors (Lipinski definition) is 4. The summed E-state index contributed by atoms with van der Waals surface area (Å²) in [6.45, 7) is 0. The summed E-state index contributed by atoms with van der Waals surface area (Å²) in [5.41, 5.74) is 7.89. The van der Waals surface area contributed by atoms with E-state index in [1.165, 1.54) is 31.3 Å². The van der Waals surface area contributed by atoms with E-state index in [0.29, 0.717) is 11.5 Å². The summed E-state index contributed by atoms with van der Waals surface area (Å²) in [4.78, 5) is 2.40. The highest BCUT2D eigenvalue weighted by molar-refractivity contribution is 7.25. The summed E-state index contributed by atoms with van der Waals surface area (Å²) in [6.07, 6.45) is 0. The minimum Gasteiger partial charge on any atom is -0.453 e. The van der Waals surface area contributed by atoms with E-state index >= 15 is 0 Å². The molecule has 1 aliphatic heterocycles. The Kier molecular flexibility index (Phi) is 7.04. The van der Waals surface area contributed by atoms with Crippen molar-refractivity contribution in [2.24, 2.45) is 0 Å². The van der Waals surface area contributed by atoms with Crippen LogP contribution in [0.15, 0.2) is 188 Å². The fraction of sp³-hybridized carbons (Fsp3) is 0. The molecule has 0 unspecified atom stereocenters. The first-order chi connectivity index (χ1) is 26.7. The molecule has 11 rings (SSSR count). The molecule has 0 radical (unpaired) electrons. The van der Waals surface area contributed by atoms with Crippen LogP contribution in [0.2, 0.25) is 0 Å². The molecule has 0 saturated carbocycles. The Morgan fingerprint density at radius 1 is 0.370 bits per heavy atom. The second kappa shape index (κ2) is 12.4. The Morgan fingerprint density at radius 2 is 1.02 bits per heavy atom. The number of benzene rings is 9. The van der Waals surface area contributed by atoms with Crippen molar-refractivity contribution in [1.29, 1.82) is 0 Å². The number of nitrogens with zero attached hydrogens (tertiary/aromatic N) is 1. The van der Waals surface area contributed by atoms with Crippen molar-refractivity contribution in [3.05, 3.63) is 188 Å². The average molecular weight is 710 g/mol. The van der Waals surface area contributed by atoms with Crippen LogP contribution in [0.4, 0.5) is 17.1 Å². The van der Waals surface area contributed by atoms with Gasteiger partial charge in [-0.2, -0.15) is 0 Å². The second-order valence-corrected chi connectivity index (χ2v) is 14.8. The van der Waals surface area contributed by atoms with Crippen LogP contribution in [0.1, 0.15) is 0 Å². The predicted octanol–water partition coefficient (Wildman–Crippen LogP) is 15.1. The molecule has 9 aromatic carbocycles. The molecule has 0 bridgehead atoms. The lowest BCUT2D eigenvalue weighted by atomic mass is 9.96. The third-order valence-corrected chi connectivity index (χ3v) is 11.7. The van der Waals surface area contributed by atoms with Crippen LogP contribution < -0.4 is 14.4 Å². The van der Waals surface area contributed by atoms with Crippen LogP contribution in [-0.4, -0.2) is 0 Å². The van der Waals surface area contributed by atoms with Gasteiger partial charge in [0.2, 0.25) is 0 Å². The number of ether oxygens (including phenoxy) is 2. The van der Waals surface area contributed by atoms with Crippen LogP contribution in [0.5, 0.6) is 23.0 Å². The Hall–Kier alpha value is -6.88. The maximum Gasteiger partial charge on any atom is 0.170 e. The Bertz CT molecular complexity index is 3050. The van der Waals surface area contributed by atoms with Crippen LogP contribution in [0.25, 0.3) is 64.0 Å². The van der Waals surface area contributed by atoms with E-state index in [1.807, 2.05) is 41.7 Å². The number of fused-ring (bicyclic) bond motifs is 5. The molecule has 0 fully saturated rings. The molecular weight excluding hydrogens is 679 g/mol. The molecule has 254 valence electrons. The molecule has 0 aliphatic carbocycles. The van der Waals surface area contributed by atoms with Crippen LogP contribution >= 0.6 is 11.3 Å². The summed E-state index contributed by atoms with van der Waals surface area (Å²) in [5.74, 6) is 2.99. The van der Waals surface area contributed by atoms with Crippen molar-refractivity contribution in [3.8, 4) is 45.3 Å². The first kappa shape index (κ1) is 30.7. The lowest BCUT2D eigenvalue weighted by Crippen LogP contribution is -2.10. The van der Waals surface area contributed by atoms with Gasteiger partial charge in [-0.3, -0.25) is 0 Å². The van der Waals surface area contributed by atoms with Gasteiger partial charge in [0.25, 0.3) is 0 Å². The summed E-state index contributed by atoms with van der Waals surface area (Å²) in [7, 11) is 0. The van der Waals surface area contributed by atoms with Gasteiger partial charge in [-0.05, 0) is 93.7 Å². The Balaban J connectivity index is 1.06. The first-order valence-electron chi connectivity index (χ1n) is 18.2. The van der Waals surface area contributed by atoms with Crippen LogP contribution in [0.3, 0.4) is 0 Å². The third-order valence-electron chi connectivity index (χ3n) is 10.5. The minimum absolute atomic E-state index is 0.695. The average Bonchev–Trinajstić information content (AvgIpc) is 3.51. The van der Waals surface area contributed by atoms with Crippen molar-refractivity contribution in [2.75, 3.05) is 4.90 Å². The van der Waals surface area contributed by atoms with E-state index in [2.05, 4.69) is 163 Å². The third kappa shape index (κ3) is 5.03. The molecule has 4 heteroatoms. The quantitative estimate of drug-likeness (QED) is 0.178. The molecule has 0 atom stereocenters. The Labute approximate surface area is 316 Å². The summed E-state index contributed by atoms with van der Waals surface area (Å²) < 4.78 is 15.6. The van der Waals surface area contributed by atoms with Crippen LogP contribution in [0, 0.1) is 0 Å². The van der Waals surface area contributed by atoms with Gasteiger partial charge >= 0.3 is 0 Å². The molecule has 0 N–H and O–H groups in total. The van der Waals surface area contributed by atoms with Crippen molar-refractivity contribution in [2.45, 2.75) is 0 Å². The zero-order valence-electron chi connectivity index (χ0n) is 29.1. The van der Waals surface area contributed by atoms with Gasteiger partial charge < -0.3 is 14.4 Å². The zero-order chi connectivity index (χ0) is 35.6. The molecule has 10 aromatic rings. The summed E-state index contributed by atoms with van der Waals surface area (Å²) in [5, 5.41) is 6.97. The highest BCUT2D eigenvalue weighted by Gasteiger charge is 2.22. The number of thiophene rings is 1. The second-order valence-electron chi connectivity index (χ2n) is 13.7. The van der Waals surface area contributed by atoms with Gasteiger partial charge in [0, 0.05) is 36.9 Å². The van der Waals surface area contributed by atoms with Gasteiger partial charge in [0.05, 0.1) is 11.1 Å². The molecule has 2 heterocycles. The fourth-order valence-electron chi connectivity index (χ4n) is 7.96. The van der Waals surface area contributed by atoms with Gasteiger partial charge in [0.15, 0.2) is 11.5 Å². The van der Waals surface area contributed by atoms with Gasteiger partial charge in [0.1, 0.15) is 11.5 Å². The minimum atomic E-state index is 0.695. The Morgan fingerprint density at radius 3 is 1.83 bits per heavy atom. The largest absolute Gasteiger partial charge is 0.453 e. The van der Waals surface area contributed by atoms with E-state index in [0.717, 1.165) is 61.2 Å². The maximum atomic E-state index is 6.59. The van der Waals surface area contributed by atoms with Crippen molar-refractivity contribution in [3.63, 3.8) is 0 Å². The van der Waals surface area contributed by atoms with Crippen molar-refractivity contribution >= 4 is 70.1 Å². The van der Waals surface area contributed by atoms with Crippen molar-refractivity contribution in [1.82, 2.24) is 0 Å². The highest BCUT2D eigenvalue weighted by atomic mass is 32.1. The molecular formula is C50H31NO2S. The highest BCUT2D eigenvalue weighted by Crippen LogP contribution is 2.49. The smallest absolute Gasteiger partial charge is 0.170 e. The van der Waals surface area contributed by atoms with E-state index in [9.17, 15) is 0 Å². The van der Waals surface area contributed by atoms with E-state index < -0.39 is 0 Å². The topological polar surface area (TPSA) is 21.7 Å². The molecule has 54 heavy (non-hydrogen) atoms. The van der Waals surface area contributed by atoms with E-state index in [4.69, 9.17) is 9.47 Å². The molecule has 3 nitrogen and oxygen atoms in total.